The molecule has 2 aliphatic rings. The molecule has 0 saturated carbocycles. The highest BCUT2D eigenvalue weighted by Crippen LogP contribution is 2.23. The van der Waals surface area contributed by atoms with Crippen molar-refractivity contribution >= 4 is 17.5 Å². The fourth-order valence-corrected chi connectivity index (χ4v) is 3.30. The van der Waals surface area contributed by atoms with Gasteiger partial charge in [-0.3, -0.25) is 4.79 Å². The molecule has 3 heterocycles. The van der Waals surface area contributed by atoms with Crippen LogP contribution in [0.1, 0.15) is 18.4 Å². The third-order valence-electron chi connectivity index (χ3n) is 4.34. The molecular formula is C17H21ClFN3O2. The lowest BCUT2D eigenvalue weighted by molar-refractivity contribution is -0.135. The van der Waals surface area contributed by atoms with Crippen LogP contribution in [0, 0.1) is 5.92 Å². The van der Waals surface area contributed by atoms with E-state index in [0.29, 0.717) is 44.2 Å². The van der Waals surface area contributed by atoms with E-state index in [0.717, 1.165) is 5.56 Å². The molecule has 3 rings (SSSR count). The molecule has 1 N–H and O–H groups in total. The molecule has 0 radical (unpaired) electrons. The van der Waals surface area contributed by atoms with E-state index >= 15 is 0 Å². The van der Waals surface area contributed by atoms with Gasteiger partial charge in [0.25, 0.3) is 0 Å². The molecule has 2 aliphatic heterocycles. The number of carbonyl (C=O) groups is 1. The normalized spacial score (nSPS) is 24.1. The Morgan fingerprint density at radius 3 is 3.21 bits per heavy atom. The van der Waals surface area contributed by atoms with Crippen molar-refractivity contribution in [2.45, 2.75) is 25.5 Å². The van der Waals surface area contributed by atoms with E-state index in [4.69, 9.17) is 16.3 Å². The molecule has 1 amide bonds. The number of hydrogen-bond donors (Lipinski definition) is 1. The fraction of sp³-hybridized carbons (Fsp3) is 0.529. The first kappa shape index (κ1) is 17.3. The van der Waals surface area contributed by atoms with Gasteiger partial charge in [-0.25, -0.2) is 9.37 Å². The average molecular weight is 354 g/mol. The summed E-state index contributed by atoms with van der Waals surface area (Å²) in [5.41, 5.74) is 1.05. The van der Waals surface area contributed by atoms with E-state index in [-0.39, 0.29) is 30.3 Å². The van der Waals surface area contributed by atoms with Crippen molar-refractivity contribution in [3.63, 3.8) is 0 Å². The molecule has 5 nitrogen and oxygen atoms in total. The van der Waals surface area contributed by atoms with Gasteiger partial charge in [-0.1, -0.05) is 11.6 Å². The monoisotopic (exact) mass is 353 g/mol. The number of halogens is 2. The van der Waals surface area contributed by atoms with Gasteiger partial charge in [0.05, 0.1) is 25.2 Å². The fourth-order valence-electron chi connectivity index (χ4n) is 3.10. The molecule has 0 aliphatic carbocycles. The lowest BCUT2D eigenvalue weighted by Gasteiger charge is -2.26. The number of nitrogens with zero attached hydrogens (tertiary/aromatic N) is 2. The highest BCUT2D eigenvalue weighted by molar-refractivity contribution is 6.29. The lowest BCUT2D eigenvalue weighted by Crippen LogP contribution is -2.39. The summed E-state index contributed by atoms with van der Waals surface area (Å²) in [6, 6.07) is 3.72. The van der Waals surface area contributed by atoms with Crippen LogP contribution in [0.4, 0.5) is 4.39 Å². The topological polar surface area (TPSA) is 54.5 Å². The van der Waals surface area contributed by atoms with Gasteiger partial charge in [-0.05, 0) is 36.6 Å². The second-order valence-electron chi connectivity index (χ2n) is 6.21. The Labute approximate surface area is 145 Å². The van der Waals surface area contributed by atoms with Crippen molar-refractivity contribution in [2.24, 2.45) is 5.92 Å². The van der Waals surface area contributed by atoms with Gasteiger partial charge >= 0.3 is 0 Å². The molecule has 130 valence electrons. The van der Waals surface area contributed by atoms with E-state index < -0.39 is 0 Å². The predicted octanol–water partition coefficient (Wildman–Crippen LogP) is 2.32. The molecule has 0 bridgehead atoms. The van der Waals surface area contributed by atoms with Crippen LogP contribution < -0.4 is 5.32 Å². The zero-order valence-electron chi connectivity index (χ0n) is 13.4. The maximum atomic E-state index is 13.3. The Hall–Kier alpha value is -1.50. The third kappa shape index (κ3) is 4.53. The second kappa shape index (κ2) is 8.05. The summed E-state index contributed by atoms with van der Waals surface area (Å²) in [7, 11) is 0. The van der Waals surface area contributed by atoms with Gasteiger partial charge in [0.15, 0.2) is 0 Å². The molecule has 0 spiro atoms. The van der Waals surface area contributed by atoms with Crippen LogP contribution in [-0.2, 0) is 16.1 Å². The minimum atomic E-state index is -0.220. The van der Waals surface area contributed by atoms with Crippen molar-refractivity contribution in [3.8, 4) is 0 Å². The summed E-state index contributed by atoms with van der Waals surface area (Å²) in [4.78, 5) is 18.0. The van der Waals surface area contributed by atoms with Gasteiger partial charge < -0.3 is 15.0 Å². The van der Waals surface area contributed by atoms with Gasteiger partial charge in [-0.15, -0.1) is 0 Å². The standard InChI is InChI=1S/C17H21ClFN3O2/c18-16-6-12(3-4-21-16)8-20-9-15-7-13(11-24-15)17(23)22-5-1-2-14(19)10-22/h2-4,6,13,15,20H,1,5,7-11H2/t13-,15-/m0/s1. The Morgan fingerprint density at radius 1 is 1.54 bits per heavy atom. The van der Waals surface area contributed by atoms with Crippen LogP contribution in [0.25, 0.3) is 0 Å². The maximum Gasteiger partial charge on any atom is 0.228 e. The Morgan fingerprint density at radius 2 is 2.42 bits per heavy atom. The van der Waals surface area contributed by atoms with Crippen LogP contribution in [-0.4, -0.2) is 48.1 Å². The SMILES string of the molecule is O=C([C@@H]1CO[C@H](CNCc2ccnc(Cl)c2)C1)N1CCC=C(F)C1. The Kier molecular flexibility index (Phi) is 5.81. The minimum absolute atomic E-state index is 0.00133. The summed E-state index contributed by atoms with van der Waals surface area (Å²) in [5.74, 6) is -0.387. The second-order valence-corrected chi connectivity index (χ2v) is 6.59. The van der Waals surface area contributed by atoms with Crippen molar-refractivity contribution in [1.82, 2.24) is 15.2 Å². The van der Waals surface area contributed by atoms with Gasteiger partial charge in [0, 0.05) is 25.8 Å². The number of aromatic nitrogens is 1. The zero-order valence-corrected chi connectivity index (χ0v) is 14.1. The molecule has 1 saturated heterocycles. The maximum absolute atomic E-state index is 13.3. The number of nitrogens with one attached hydrogen (secondary N) is 1. The third-order valence-corrected chi connectivity index (χ3v) is 4.55. The average Bonchev–Trinajstić information content (AvgIpc) is 3.03. The molecule has 0 unspecified atom stereocenters. The Balaban J connectivity index is 1.42. The van der Waals surface area contributed by atoms with Gasteiger partial charge in [0.1, 0.15) is 11.0 Å². The van der Waals surface area contributed by atoms with Gasteiger partial charge in [0.2, 0.25) is 5.91 Å². The molecule has 0 aromatic carbocycles. The number of pyridine rings is 1. The van der Waals surface area contributed by atoms with Crippen LogP contribution in [0.3, 0.4) is 0 Å². The Bertz CT molecular complexity index is 626. The molecule has 1 aromatic heterocycles. The molecule has 1 aromatic rings. The number of ether oxygens (including phenoxy) is 1. The minimum Gasteiger partial charge on any atom is -0.376 e. The van der Waals surface area contributed by atoms with Crippen molar-refractivity contribution < 1.29 is 13.9 Å². The summed E-state index contributed by atoms with van der Waals surface area (Å²) in [5, 5.41) is 3.78. The first-order valence-corrected chi connectivity index (χ1v) is 8.55. The highest BCUT2D eigenvalue weighted by Gasteiger charge is 2.34. The summed E-state index contributed by atoms with van der Waals surface area (Å²) >= 11 is 5.85. The zero-order chi connectivity index (χ0) is 16.9. The van der Waals surface area contributed by atoms with E-state index in [1.807, 2.05) is 12.1 Å². The van der Waals surface area contributed by atoms with Crippen molar-refractivity contribution in [3.05, 3.63) is 40.9 Å². The van der Waals surface area contributed by atoms with E-state index in [2.05, 4.69) is 10.3 Å². The molecule has 2 atom stereocenters. The van der Waals surface area contributed by atoms with Gasteiger partial charge in [-0.2, -0.15) is 0 Å². The number of amides is 1. The smallest absolute Gasteiger partial charge is 0.228 e. The lowest BCUT2D eigenvalue weighted by atomic mass is 10.0. The number of hydrogen-bond acceptors (Lipinski definition) is 4. The van der Waals surface area contributed by atoms with Crippen molar-refractivity contribution in [1.29, 1.82) is 0 Å². The highest BCUT2D eigenvalue weighted by atomic mass is 35.5. The summed E-state index contributed by atoms with van der Waals surface area (Å²) in [6.07, 6.45) is 4.48. The predicted molar refractivity (Wildman–Crippen MR) is 89.2 cm³/mol. The molecule has 1 fully saturated rings. The van der Waals surface area contributed by atoms with E-state index in [1.54, 1.807) is 17.2 Å². The van der Waals surface area contributed by atoms with Crippen molar-refractivity contribution in [2.75, 3.05) is 26.2 Å². The van der Waals surface area contributed by atoms with Crippen LogP contribution >= 0.6 is 11.6 Å². The summed E-state index contributed by atoms with van der Waals surface area (Å²) in [6.45, 7) is 2.43. The van der Waals surface area contributed by atoms with E-state index in [1.165, 1.54) is 0 Å². The number of carbonyl (C=O) groups excluding carboxylic acids is 1. The first-order valence-electron chi connectivity index (χ1n) is 8.18. The largest absolute Gasteiger partial charge is 0.376 e. The molecule has 24 heavy (non-hydrogen) atoms. The van der Waals surface area contributed by atoms with Crippen LogP contribution in [0.15, 0.2) is 30.2 Å². The number of rotatable bonds is 5. The van der Waals surface area contributed by atoms with Crippen LogP contribution in [0.2, 0.25) is 5.15 Å². The molecule has 7 heteroatoms. The van der Waals surface area contributed by atoms with E-state index in [9.17, 15) is 9.18 Å². The first-order chi connectivity index (χ1) is 11.6. The summed E-state index contributed by atoms with van der Waals surface area (Å²) < 4.78 is 19.0. The quantitative estimate of drug-likeness (QED) is 0.825. The molecular weight excluding hydrogens is 333 g/mol. The van der Waals surface area contributed by atoms with Crippen LogP contribution in [0.5, 0.6) is 0 Å².